The number of hydrogen-bond acceptors (Lipinski definition) is 6. The van der Waals surface area contributed by atoms with Gasteiger partial charge >= 0.3 is 0 Å². The van der Waals surface area contributed by atoms with Gasteiger partial charge in [0, 0.05) is 16.7 Å². The van der Waals surface area contributed by atoms with E-state index in [9.17, 15) is 24.9 Å². The quantitative estimate of drug-likeness (QED) is 0.701. The maximum absolute atomic E-state index is 12.1. The van der Waals surface area contributed by atoms with Crippen molar-refractivity contribution in [2.75, 3.05) is 11.1 Å². The number of nitriles is 2. The van der Waals surface area contributed by atoms with Crippen LogP contribution >= 0.6 is 11.8 Å². The zero-order valence-electron chi connectivity index (χ0n) is 14.7. The number of anilines is 1. The van der Waals surface area contributed by atoms with Gasteiger partial charge in [-0.1, -0.05) is 25.6 Å². The first-order valence-corrected chi connectivity index (χ1v) is 8.87. The van der Waals surface area contributed by atoms with Crippen LogP contribution in [0.15, 0.2) is 34.9 Å². The number of benzene rings is 1. The summed E-state index contributed by atoms with van der Waals surface area (Å²) in [5.74, 6) is -2.44. The van der Waals surface area contributed by atoms with Gasteiger partial charge in [0.15, 0.2) is 0 Å². The lowest BCUT2D eigenvalue weighted by molar-refractivity contribution is -0.125. The minimum atomic E-state index is -0.978. The Bertz CT molecular complexity index is 906. The highest BCUT2D eigenvalue weighted by molar-refractivity contribution is 8.03. The highest BCUT2D eigenvalue weighted by Gasteiger charge is 2.44. The third-order valence-corrected chi connectivity index (χ3v) is 5.14. The van der Waals surface area contributed by atoms with Gasteiger partial charge in [-0.05, 0) is 24.3 Å². The maximum atomic E-state index is 12.1. The molecule has 0 aromatic heterocycles. The Balaban J connectivity index is 2.08. The van der Waals surface area contributed by atoms with Gasteiger partial charge in [0.2, 0.25) is 17.7 Å². The van der Waals surface area contributed by atoms with Crippen molar-refractivity contribution in [3.05, 3.63) is 40.4 Å². The largest absolute Gasteiger partial charge is 0.366 e. The van der Waals surface area contributed by atoms with Crippen molar-refractivity contribution in [3.8, 4) is 12.1 Å². The molecule has 1 heterocycles. The van der Waals surface area contributed by atoms with Crippen molar-refractivity contribution in [1.82, 2.24) is 5.32 Å². The van der Waals surface area contributed by atoms with Crippen LogP contribution in [0, 0.1) is 34.0 Å². The van der Waals surface area contributed by atoms with Crippen molar-refractivity contribution in [2.45, 2.75) is 13.8 Å². The number of nitrogens with zero attached hydrogens (tertiary/aromatic N) is 2. The number of thioether (sulfide) groups is 1. The second kappa shape index (κ2) is 7.94. The standard InChI is InChI=1S/C18H17N5O3S/c1-18(2)12(7-19)16(26)23-17(13(18)8-20)27-9-14(24)22-11-5-3-10(4-6-11)15(21)25/h3-6,12H,9H2,1-2H3,(H2,21,25)(H,22,24)(H,23,26)/t12-/m1/s1. The zero-order valence-corrected chi connectivity index (χ0v) is 15.5. The maximum Gasteiger partial charge on any atom is 0.248 e. The molecule has 27 heavy (non-hydrogen) atoms. The Morgan fingerprint density at radius 2 is 1.93 bits per heavy atom. The van der Waals surface area contributed by atoms with Crippen LogP contribution in [-0.2, 0) is 9.59 Å². The van der Waals surface area contributed by atoms with Crippen molar-refractivity contribution >= 4 is 35.2 Å². The van der Waals surface area contributed by atoms with Crippen LogP contribution in [0.2, 0.25) is 0 Å². The molecule has 1 aliphatic rings. The number of carbonyl (C=O) groups is 3. The molecule has 4 N–H and O–H groups in total. The molecule has 1 atom stereocenters. The molecule has 138 valence electrons. The van der Waals surface area contributed by atoms with Gasteiger partial charge in [-0.15, -0.1) is 0 Å². The zero-order chi connectivity index (χ0) is 20.2. The molecule has 2 rings (SSSR count). The van der Waals surface area contributed by atoms with Gasteiger partial charge in [-0.25, -0.2) is 0 Å². The topological polar surface area (TPSA) is 149 Å². The molecule has 0 fully saturated rings. The molecule has 1 aromatic carbocycles. The normalized spacial score (nSPS) is 18.1. The monoisotopic (exact) mass is 383 g/mol. The Morgan fingerprint density at radius 1 is 1.30 bits per heavy atom. The number of amides is 3. The van der Waals surface area contributed by atoms with Crippen LogP contribution in [0.4, 0.5) is 5.69 Å². The molecule has 0 saturated heterocycles. The van der Waals surface area contributed by atoms with E-state index in [4.69, 9.17) is 5.73 Å². The van der Waals surface area contributed by atoms with Crippen molar-refractivity contribution in [3.63, 3.8) is 0 Å². The average molecular weight is 383 g/mol. The fraction of sp³-hybridized carbons (Fsp3) is 0.278. The SMILES string of the molecule is CC1(C)C(C#N)=C(SCC(=O)Nc2ccc(C(N)=O)cc2)NC(=O)[C@H]1C#N. The van der Waals surface area contributed by atoms with E-state index in [-0.39, 0.29) is 22.3 Å². The van der Waals surface area contributed by atoms with Gasteiger partial charge in [-0.2, -0.15) is 10.5 Å². The molecular formula is C18H17N5O3S. The Morgan fingerprint density at radius 3 is 2.44 bits per heavy atom. The first-order valence-electron chi connectivity index (χ1n) is 7.88. The molecule has 0 bridgehead atoms. The third-order valence-electron chi connectivity index (χ3n) is 4.13. The summed E-state index contributed by atoms with van der Waals surface area (Å²) in [5, 5.41) is 24.1. The minimum Gasteiger partial charge on any atom is -0.366 e. The van der Waals surface area contributed by atoms with Gasteiger partial charge in [-0.3, -0.25) is 14.4 Å². The minimum absolute atomic E-state index is 0.0499. The Hall–Kier alpha value is -3.30. The molecule has 0 unspecified atom stereocenters. The molecule has 1 aromatic rings. The highest BCUT2D eigenvalue weighted by Crippen LogP contribution is 2.41. The van der Waals surface area contributed by atoms with E-state index in [0.717, 1.165) is 11.8 Å². The first kappa shape index (κ1) is 20.0. The molecule has 0 radical (unpaired) electrons. The number of primary amides is 1. The summed E-state index contributed by atoms with van der Waals surface area (Å²) in [6.45, 7) is 3.30. The van der Waals surface area contributed by atoms with E-state index < -0.39 is 23.1 Å². The molecule has 8 nitrogen and oxygen atoms in total. The second-order valence-corrected chi connectivity index (χ2v) is 7.35. The van der Waals surface area contributed by atoms with E-state index in [1.165, 1.54) is 12.1 Å². The predicted octanol–water partition coefficient (Wildman–Crippen LogP) is 1.49. The third kappa shape index (κ3) is 4.27. The fourth-order valence-corrected chi connectivity index (χ4v) is 3.56. The van der Waals surface area contributed by atoms with Crippen LogP contribution < -0.4 is 16.4 Å². The van der Waals surface area contributed by atoms with Crippen LogP contribution in [0.5, 0.6) is 0 Å². The van der Waals surface area contributed by atoms with E-state index in [2.05, 4.69) is 10.6 Å². The molecular weight excluding hydrogens is 366 g/mol. The number of nitrogens with two attached hydrogens (primary N) is 1. The summed E-state index contributed by atoms with van der Waals surface area (Å²) in [7, 11) is 0. The van der Waals surface area contributed by atoms with E-state index >= 15 is 0 Å². The molecule has 0 saturated carbocycles. The predicted molar refractivity (Wildman–Crippen MR) is 99.7 cm³/mol. The van der Waals surface area contributed by atoms with Crippen molar-refractivity contribution < 1.29 is 14.4 Å². The Kier molecular flexibility index (Phi) is 5.88. The van der Waals surface area contributed by atoms with Gasteiger partial charge in [0.25, 0.3) is 0 Å². The highest BCUT2D eigenvalue weighted by atomic mass is 32.2. The lowest BCUT2D eigenvalue weighted by atomic mass is 9.72. The fourth-order valence-electron chi connectivity index (χ4n) is 2.59. The lowest BCUT2D eigenvalue weighted by Gasteiger charge is -2.34. The number of allylic oxidation sites excluding steroid dienone is 1. The molecule has 9 heteroatoms. The smallest absolute Gasteiger partial charge is 0.248 e. The van der Waals surface area contributed by atoms with Crippen molar-refractivity contribution in [2.24, 2.45) is 17.1 Å². The second-order valence-electron chi connectivity index (χ2n) is 6.37. The molecule has 0 spiro atoms. The molecule has 3 amide bonds. The molecule has 1 aliphatic heterocycles. The van der Waals surface area contributed by atoms with Crippen LogP contribution in [0.1, 0.15) is 24.2 Å². The van der Waals surface area contributed by atoms with Gasteiger partial charge < -0.3 is 16.4 Å². The van der Waals surface area contributed by atoms with Crippen LogP contribution in [0.3, 0.4) is 0 Å². The van der Waals surface area contributed by atoms with Gasteiger partial charge in [0.1, 0.15) is 5.92 Å². The summed E-state index contributed by atoms with van der Waals surface area (Å²) >= 11 is 1.01. The molecule has 0 aliphatic carbocycles. The summed E-state index contributed by atoms with van der Waals surface area (Å²) in [4.78, 5) is 35.3. The lowest BCUT2D eigenvalue weighted by Crippen LogP contribution is -2.44. The number of hydrogen-bond donors (Lipinski definition) is 3. The summed E-state index contributed by atoms with van der Waals surface area (Å²) in [6, 6.07) is 10.0. The van der Waals surface area contributed by atoms with E-state index in [1.54, 1.807) is 26.0 Å². The summed E-state index contributed by atoms with van der Waals surface area (Å²) in [5.41, 5.74) is 5.28. The van der Waals surface area contributed by atoms with E-state index in [1.807, 2.05) is 12.1 Å². The van der Waals surface area contributed by atoms with Crippen LogP contribution in [-0.4, -0.2) is 23.5 Å². The van der Waals surface area contributed by atoms with Crippen LogP contribution in [0.25, 0.3) is 0 Å². The summed E-state index contributed by atoms with van der Waals surface area (Å²) < 4.78 is 0. The number of nitrogens with one attached hydrogen (secondary N) is 2. The number of carbonyl (C=O) groups excluding carboxylic acids is 3. The summed E-state index contributed by atoms with van der Waals surface area (Å²) in [6.07, 6.45) is 0. The van der Waals surface area contributed by atoms with Gasteiger partial charge in [0.05, 0.1) is 28.5 Å². The average Bonchev–Trinajstić information content (AvgIpc) is 2.60. The Labute approximate surface area is 160 Å². The van der Waals surface area contributed by atoms with Crippen molar-refractivity contribution in [1.29, 1.82) is 10.5 Å². The number of rotatable bonds is 5. The van der Waals surface area contributed by atoms with E-state index in [0.29, 0.717) is 11.3 Å². The first-order chi connectivity index (χ1) is 12.7.